The molecule has 0 aliphatic carbocycles. The summed E-state index contributed by atoms with van der Waals surface area (Å²) < 4.78 is 7.31. The summed E-state index contributed by atoms with van der Waals surface area (Å²) in [4.78, 5) is 0. The van der Waals surface area contributed by atoms with E-state index in [1.54, 1.807) is 17.9 Å². The van der Waals surface area contributed by atoms with Crippen molar-refractivity contribution < 1.29 is 4.74 Å². The van der Waals surface area contributed by atoms with Gasteiger partial charge in [0, 0.05) is 12.6 Å². The zero-order valence-electron chi connectivity index (χ0n) is 13.8. The Labute approximate surface area is 144 Å². The minimum atomic E-state index is -0.378. The van der Waals surface area contributed by atoms with Crippen LogP contribution in [0.3, 0.4) is 0 Å². The maximum Gasteiger partial charge on any atom is 0.224 e. The van der Waals surface area contributed by atoms with Crippen LogP contribution >= 0.6 is 0 Å². The van der Waals surface area contributed by atoms with E-state index in [4.69, 9.17) is 10.5 Å². The first-order chi connectivity index (χ1) is 12.1. The van der Waals surface area contributed by atoms with Gasteiger partial charge < -0.3 is 10.5 Å². The summed E-state index contributed by atoms with van der Waals surface area (Å²) in [5.74, 6) is 0.277. The van der Waals surface area contributed by atoms with E-state index in [0.29, 0.717) is 11.5 Å². The number of nitrogens with two attached hydrogens (primary N) is 1. The van der Waals surface area contributed by atoms with Crippen LogP contribution < -0.4 is 10.5 Å². The van der Waals surface area contributed by atoms with E-state index in [2.05, 4.69) is 21.4 Å². The average molecular weight is 332 g/mol. The third-order valence-corrected chi connectivity index (χ3v) is 4.43. The number of nitrogens with one attached hydrogen (secondary N) is 1. The molecule has 0 saturated heterocycles. The fraction of sp³-hybridized carbons (Fsp3) is 0.167. The smallest absolute Gasteiger partial charge is 0.224 e. The van der Waals surface area contributed by atoms with Gasteiger partial charge in [-0.2, -0.15) is 15.5 Å². The van der Waals surface area contributed by atoms with Crippen LogP contribution in [0.4, 0.5) is 0 Å². The van der Waals surface area contributed by atoms with Gasteiger partial charge in [0.2, 0.25) is 11.8 Å². The van der Waals surface area contributed by atoms with Crippen molar-refractivity contribution in [3.05, 3.63) is 64.8 Å². The van der Waals surface area contributed by atoms with Crippen LogP contribution in [-0.4, -0.2) is 20.0 Å². The Morgan fingerprint density at radius 1 is 1.32 bits per heavy atom. The average Bonchev–Trinajstić information content (AvgIpc) is 3.20. The highest BCUT2D eigenvalue weighted by molar-refractivity contribution is 5.68. The molecule has 0 bridgehead atoms. The summed E-state index contributed by atoms with van der Waals surface area (Å²) in [5, 5.41) is 21.4. The zero-order chi connectivity index (χ0) is 17.6. The summed E-state index contributed by atoms with van der Waals surface area (Å²) in [6.45, 7) is 1.90. The number of aromatic nitrogens is 4. The number of hydrogen-bond donors (Lipinski definition) is 2. The van der Waals surface area contributed by atoms with Crippen molar-refractivity contribution in [1.82, 2.24) is 20.0 Å². The molecule has 1 aliphatic rings. The van der Waals surface area contributed by atoms with E-state index in [0.717, 1.165) is 28.1 Å². The number of H-pyrrole nitrogens is 1. The first-order valence-corrected chi connectivity index (χ1v) is 7.81. The fourth-order valence-corrected chi connectivity index (χ4v) is 3.33. The molecule has 7 nitrogen and oxygen atoms in total. The van der Waals surface area contributed by atoms with Crippen LogP contribution in [0, 0.1) is 18.3 Å². The number of rotatable bonds is 2. The number of nitrogens with zero attached hydrogens (tertiary/aromatic N) is 4. The highest BCUT2D eigenvalue weighted by Gasteiger charge is 2.37. The zero-order valence-corrected chi connectivity index (χ0v) is 13.8. The lowest BCUT2D eigenvalue weighted by Crippen LogP contribution is -2.22. The minimum Gasteiger partial charge on any atom is -0.422 e. The Hall–Kier alpha value is -3.53. The van der Waals surface area contributed by atoms with E-state index >= 15 is 0 Å². The second-order valence-corrected chi connectivity index (χ2v) is 5.92. The summed E-state index contributed by atoms with van der Waals surface area (Å²) in [5.41, 5.74) is 10.7. The Balaban J connectivity index is 1.97. The molecule has 0 saturated carbocycles. The van der Waals surface area contributed by atoms with E-state index in [9.17, 15) is 5.26 Å². The third kappa shape index (κ3) is 2.19. The quantitative estimate of drug-likeness (QED) is 0.749. The highest BCUT2D eigenvalue weighted by atomic mass is 16.5. The SMILES string of the molecule is Cc1nn(C)c2c1[C@H](c1cn[nH]c1-c1ccccc1)C(C#N)=C(N)O2. The first kappa shape index (κ1) is 15.0. The van der Waals surface area contributed by atoms with Crippen LogP contribution in [0.15, 0.2) is 48.0 Å². The van der Waals surface area contributed by atoms with Crippen molar-refractivity contribution in [3.8, 4) is 23.2 Å². The minimum absolute atomic E-state index is 0.100. The van der Waals surface area contributed by atoms with E-state index in [1.807, 2.05) is 37.3 Å². The largest absolute Gasteiger partial charge is 0.422 e. The van der Waals surface area contributed by atoms with Crippen molar-refractivity contribution in [2.24, 2.45) is 12.8 Å². The molecule has 0 amide bonds. The van der Waals surface area contributed by atoms with E-state index in [1.165, 1.54) is 0 Å². The van der Waals surface area contributed by atoms with Gasteiger partial charge >= 0.3 is 0 Å². The van der Waals surface area contributed by atoms with E-state index < -0.39 is 0 Å². The molecule has 3 heterocycles. The molecule has 0 spiro atoms. The molecule has 7 heteroatoms. The molecule has 1 aliphatic heterocycles. The van der Waals surface area contributed by atoms with Crippen molar-refractivity contribution in [2.45, 2.75) is 12.8 Å². The number of aryl methyl sites for hydroxylation is 2. The van der Waals surface area contributed by atoms with Crippen LogP contribution in [0.1, 0.15) is 22.7 Å². The molecule has 1 aromatic carbocycles. The molecule has 0 fully saturated rings. The molecule has 124 valence electrons. The second-order valence-electron chi connectivity index (χ2n) is 5.92. The topological polar surface area (TPSA) is 106 Å². The number of benzene rings is 1. The molecule has 2 aromatic heterocycles. The fourth-order valence-electron chi connectivity index (χ4n) is 3.33. The number of aromatic amines is 1. The van der Waals surface area contributed by atoms with Crippen molar-refractivity contribution in [3.63, 3.8) is 0 Å². The number of fused-ring (bicyclic) bond motifs is 1. The van der Waals surface area contributed by atoms with E-state index in [-0.39, 0.29) is 11.8 Å². The monoisotopic (exact) mass is 332 g/mol. The third-order valence-electron chi connectivity index (χ3n) is 4.43. The Kier molecular flexibility index (Phi) is 3.32. The maximum atomic E-state index is 9.69. The second kappa shape index (κ2) is 5.53. The van der Waals surface area contributed by atoms with Gasteiger partial charge in [0.15, 0.2) is 0 Å². The van der Waals surface area contributed by atoms with Gasteiger partial charge in [-0.1, -0.05) is 30.3 Å². The molecule has 0 unspecified atom stereocenters. The van der Waals surface area contributed by atoms with Gasteiger partial charge in [-0.25, -0.2) is 4.68 Å². The molecule has 3 N–H and O–H groups in total. The molecule has 3 aromatic rings. The number of nitriles is 1. The summed E-state index contributed by atoms with van der Waals surface area (Å²) in [6, 6.07) is 12.1. The predicted molar refractivity (Wildman–Crippen MR) is 91.3 cm³/mol. The summed E-state index contributed by atoms with van der Waals surface area (Å²) in [6.07, 6.45) is 1.74. The van der Waals surface area contributed by atoms with Gasteiger partial charge in [-0.05, 0) is 12.5 Å². The lowest BCUT2D eigenvalue weighted by molar-refractivity contribution is 0.358. The van der Waals surface area contributed by atoms with Crippen LogP contribution in [0.25, 0.3) is 11.3 Å². The predicted octanol–water partition coefficient (Wildman–Crippen LogP) is 2.34. The number of allylic oxidation sites excluding steroid dienone is 1. The van der Waals surface area contributed by atoms with Crippen molar-refractivity contribution in [1.29, 1.82) is 5.26 Å². The molecule has 0 radical (unpaired) electrons. The normalized spacial score (nSPS) is 16.3. The van der Waals surface area contributed by atoms with Crippen molar-refractivity contribution in [2.75, 3.05) is 0 Å². The van der Waals surface area contributed by atoms with Gasteiger partial charge in [-0.15, -0.1) is 0 Å². The first-order valence-electron chi connectivity index (χ1n) is 7.81. The maximum absolute atomic E-state index is 9.69. The van der Waals surface area contributed by atoms with Gasteiger partial charge in [-0.3, -0.25) is 5.10 Å². The molecular formula is C18H16N6O. The Morgan fingerprint density at radius 2 is 2.08 bits per heavy atom. The van der Waals surface area contributed by atoms with Crippen LogP contribution in [-0.2, 0) is 7.05 Å². The number of hydrogen-bond acceptors (Lipinski definition) is 5. The van der Waals surface area contributed by atoms with Crippen LogP contribution in [0.2, 0.25) is 0 Å². The van der Waals surface area contributed by atoms with Gasteiger partial charge in [0.1, 0.15) is 11.6 Å². The Bertz CT molecular complexity index is 1020. The lowest BCUT2D eigenvalue weighted by atomic mass is 9.83. The lowest BCUT2D eigenvalue weighted by Gasteiger charge is -2.24. The van der Waals surface area contributed by atoms with Gasteiger partial charge in [0.05, 0.1) is 29.1 Å². The number of ether oxygens (including phenoxy) is 1. The highest BCUT2D eigenvalue weighted by Crippen LogP contribution is 2.45. The van der Waals surface area contributed by atoms with Crippen LogP contribution in [0.5, 0.6) is 5.88 Å². The van der Waals surface area contributed by atoms with Gasteiger partial charge in [0.25, 0.3) is 0 Å². The molecular weight excluding hydrogens is 316 g/mol. The Morgan fingerprint density at radius 3 is 2.80 bits per heavy atom. The summed E-state index contributed by atoms with van der Waals surface area (Å²) in [7, 11) is 1.79. The standard InChI is InChI=1S/C18H16N6O/c1-10-14-15(12(8-19)17(20)25-18(14)24(2)23-10)13-9-21-22-16(13)11-6-4-3-5-7-11/h3-7,9,15H,20H2,1-2H3,(H,21,22)/t15-/m0/s1. The van der Waals surface area contributed by atoms with Crippen molar-refractivity contribution >= 4 is 0 Å². The molecule has 4 rings (SSSR count). The summed E-state index contributed by atoms with van der Waals surface area (Å²) >= 11 is 0. The molecule has 1 atom stereocenters. The molecule has 25 heavy (non-hydrogen) atoms.